The minimum Gasteiger partial charge on any atom is -0.491 e. The lowest BCUT2D eigenvalue weighted by Gasteiger charge is -2.22. The Morgan fingerprint density at radius 2 is 2.26 bits per heavy atom. The molecule has 4 heteroatoms. The fourth-order valence-corrected chi connectivity index (χ4v) is 2.52. The lowest BCUT2D eigenvalue weighted by atomic mass is 10.2. The van der Waals surface area contributed by atoms with E-state index in [1.165, 1.54) is 12.0 Å². The van der Waals surface area contributed by atoms with Crippen LogP contribution in [0.15, 0.2) is 24.3 Å². The van der Waals surface area contributed by atoms with Crippen LogP contribution in [-0.2, 0) is 11.3 Å². The Balaban J connectivity index is 1.91. The van der Waals surface area contributed by atoms with Gasteiger partial charge in [-0.15, -0.1) is 0 Å². The maximum atomic E-state index is 9.33. The number of benzene rings is 1. The van der Waals surface area contributed by atoms with Gasteiger partial charge in [0.15, 0.2) is 0 Å². The summed E-state index contributed by atoms with van der Waals surface area (Å²) in [6.07, 6.45) is 2.27. The van der Waals surface area contributed by atoms with Crippen LogP contribution in [0.1, 0.15) is 18.4 Å². The average molecular weight is 265 g/mol. The predicted molar refractivity (Wildman–Crippen MR) is 74.3 cm³/mol. The molecule has 0 aromatic heterocycles. The maximum Gasteiger partial charge on any atom is 0.119 e. The highest BCUT2D eigenvalue weighted by atomic mass is 16.5. The van der Waals surface area contributed by atoms with Crippen molar-refractivity contribution < 1.29 is 14.6 Å². The van der Waals surface area contributed by atoms with Gasteiger partial charge in [0, 0.05) is 19.7 Å². The van der Waals surface area contributed by atoms with Crippen molar-refractivity contribution >= 4 is 0 Å². The van der Waals surface area contributed by atoms with Gasteiger partial charge in [-0.1, -0.05) is 12.1 Å². The smallest absolute Gasteiger partial charge is 0.119 e. The van der Waals surface area contributed by atoms with Crippen LogP contribution in [0.2, 0.25) is 0 Å². The van der Waals surface area contributed by atoms with Gasteiger partial charge in [-0.3, -0.25) is 4.90 Å². The number of rotatable bonds is 7. The summed E-state index contributed by atoms with van der Waals surface area (Å²) in [6.45, 7) is 3.38. The Labute approximate surface area is 114 Å². The van der Waals surface area contributed by atoms with E-state index in [4.69, 9.17) is 9.47 Å². The van der Waals surface area contributed by atoms with Gasteiger partial charge in [0.05, 0.1) is 13.2 Å². The molecule has 106 valence electrons. The van der Waals surface area contributed by atoms with Gasteiger partial charge in [0.25, 0.3) is 0 Å². The molecule has 1 saturated heterocycles. The summed E-state index contributed by atoms with van der Waals surface area (Å²) >= 11 is 0. The highest BCUT2D eigenvalue weighted by Gasteiger charge is 2.23. The Bertz CT molecular complexity index is 383. The summed E-state index contributed by atoms with van der Waals surface area (Å²) < 4.78 is 10.6. The standard InChI is InChI=1S/C15H23NO3/c1-18-8-9-19-15-6-2-4-13(10-15)11-16-7-3-5-14(16)12-17/h2,4,6,10,14,17H,3,5,7-9,11-12H2,1H3/t14-/m1/s1. The molecule has 1 aromatic rings. The maximum absolute atomic E-state index is 9.33. The van der Waals surface area contributed by atoms with Crippen LogP contribution in [0, 0.1) is 0 Å². The zero-order valence-electron chi connectivity index (χ0n) is 11.5. The highest BCUT2D eigenvalue weighted by Crippen LogP contribution is 2.21. The molecular weight excluding hydrogens is 242 g/mol. The lowest BCUT2D eigenvalue weighted by Crippen LogP contribution is -2.31. The Hall–Kier alpha value is -1.10. The summed E-state index contributed by atoms with van der Waals surface area (Å²) in [5, 5.41) is 9.33. The SMILES string of the molecule is COCCOc1cccc(CN2CCC[C@@H]2CO)c1. The van der Waals surface area contributed by atoms with E-state index in [2.05, 4.69) is 17.0 Å². The van der Waals surface area contributed by atoms with Crippen molar-refractivity contribution in [1.29, 1.82) is 0 Å². The van der Waals surface area contributed by atoms with Gasteiger partial charge in [-0.25, -0.2) is 0 Å². The van der Waals surface area contributed by atoms with E-state index in [-0.39, 0.29) is 6.61 Å². The van der Waals surface area contributed by atoms with Gasteiger partial charge < -0.3 is 14.6 Å². The summed E-state index contributed by atoms with van der Waals surface area (Å²) in [7, 11) is 1.67. The minimum atomic E-state index is 0.254. The van der Waals surface area contributed by atoms with Crippen LogP contribution >= 0.6 is 0 Å². The van der Waals surface area contributed by atoms with Gasteiger partial charge in [0.1, 0.15) is 12.4 Å². The number of aliphatic hydroxyl groups excluding tert-OH is 1. The van der Waals surface area contributed by atoms with Gasteiger partial charge >= 0.3 is 0 Å². The second-order valence-electron chi connectivity index (χ2n) is 4.94. The number of aliphatic hydroxyl groups is 1. The number of hydrogen-bond acceptors (Lipinski definition) is 4. The van der Waals surface area contributed by atoms with Crippen LogP contribution in [-0.4, -0.2) is 49.5 Å². The summed E-state index contributed by atoms with van der Waals surface area (Å²) in [4.78, 5) is 2.34. The molecule has 1 aliphatic heterocycles. The zero-order valence-corrected chi connectivity index (χ0v) is 11.5. The average Bonchev–Trinajstić information content (AvgIpc) is 2.87. The van der Waals surface area contributed by atoms with Gasteiger partial charge in [0.2, 0.25) is 0 Å². The number of methoxy groups -OCH3 is 1. The monoisotopic (exact) mass is 265 g/mol. The molecule has 0 saturated carbocycles. The van der Waals surface area contributed by atoms with E-state index in [0.717, 1.165) is 25.3 Å². The molecule has 1 atom stereocenters. The van der Waals surface area contributed by atoms with Crippen molar-refractivity contribution in [3.8, 4) is 5.75 Å². The van der Waals surface area contributed by atoms with E-state index < -0.39 is 0 Å². The molecule has 0 radical (unpaired) electrons. The normalized spacial score (nSPS) is 19.8. The van der Waals surface area contributed by atoms with Crippen LogP contribution in [0.4, 0.5) is 0 Å². The zero-order chi connectivity index (χ0) is 13.5. The number of likely N-dealkylation sites (tertiary alicyclic amines) is 1. The molecule has 0 bridgehead atoms. The molecule has 2 rings (SSSR count). The van der Waals surface area contributed by atoms with Gasteiger partial charge in [-0.05, 0) is 37.1 Å². The van der Waals surface area contributed by atoms with E-state index in [9.17, 15) is 5.11 Å². The quantitative estimate of drug-likeness (QED) is 0.762. The van der Waals surface area contributed by atoms with Crippen molar-refractivity contribution in [1.82, 2.24) is 4.90 Å². The third-order valence-electron chi connectivity index (χ3n) is 3.55. The molecule has 1 aliphatic rings. The first kappa shape index (κ1) is 14.3. The number of hydrogen-bond donors (Lipinski definition) is 1. The van der Waals surface area contributed by atoms with Crippen LogP contribution in [0.5, 0.6) is 5.75 Å². The highest BCUT2D eigenvalue weighted by molar-refractivity contribution is 5.28. The molecule has 0 amide bonds. The second-order valence-corrected chi connectivity index (χ2v) is 4.94. The molecule has 0 aliphatic carbocycles. The summed E-state index contributed by atoms with van der Waals surface area (Å²) in [5.41, 5.74) is 1.23. The topological polar surface area (TPSA) is 41.9 Å². The van der Waals surface area contributed by atoms with E-state index in [1.54, 1.807) is 7.11 Å². The Kier molecular flexibility index (Phi) is 5.63. The van der Waals surface area contributed by atoms with Crippen LogP contribution < -0.4 is 4.74 Å². The lowest BCUT2D eigenvalue weighted by molar-refractivity contribution is 0.145. The first-order valence-electron chi connectivity index (χ1n) is 6.89. The van der Waals surface area contributed by atoms with Crippen molar-refractivity contribution in [2.45, 2.75) is 25.4 Å². The number of nitrogens with zero attached hydrogens (tertiary/aromatic N) is 1. The predicted octanol–water partition coefficient (Wildman–Crippen LogP) is 1.67. The van der Waals surface area contributed by atoms with Crippen molar-refractivity contribution in [2.75, 3.05) is 33.5 Å². The van der Waals surface area contributed by atoms with Crippen molar-refractivity contribution in [2.24, 2.45) is 0 Å². The second kappa shape index (κ2) is 7.48. The third-order valence-corrected chi connectivity index (χ3v) is 3.55. The van der Waals surface area contributed by atoms with Crippen LogP contribution in [0.3, 0.4) is 0 Å². The van der Waals surface area contributed by atoms with Crippen molar-refractivity contribution in [3.05, 3.63) is 29.8 Å². The molecule has 0 spiro atoms. The number of ether oxygens (including phenoxy) is 2. The molecule has 4 nitrogen and oxygen atoms in total. The Morgan fingerprint density at radius 1 is 1.37 bits per heavy atom. The fourth-order valence-electron chi connectivity index (χ4n) is 2.52. The molecule has 1 heterocycles. The van der Waals surface area contributed by atoms with Crippen LogP contribution in [0.25, 0.3) is 0 Å². The Morgan fingerprint density at radius 3 is 3.05 bits per heavy atom. The first-order valence-corrected chi connectivity index (χ1v) is 6.89. The molecular formula is C15H23NO3. The first-order chi connectivity index (χ1) is 9.33. The molecule has 1 N–H and O–H groups in total. The molecule has 19 heavy (non-hydrogen) atoms. The molecule has 1 fully saturated rings. The fraction of sp³-hybridized carbons (Fsp3) is 0.600. The molecule has 0 unspecified atom stereocenters. The summed E-state index contributed by atoms with van der Waals surface area (Å²) in [6, 6.07) is 8.48. The largest absolute Gasteiger partial charge is 0.491 e. The minimum absolute atomic E-state index is 0.254. The van der Waals surface area contributed by atoms with E-state index >= 15 is 0 Å². The van der Waals surface area contributed by atoms with E-state index in [1.807, 2.05) is 12.1 Å². The van der Waals surface area contributed by atoms with Gasteiger partial charge in [-0.2, -0.15) is 0 Å². The van der Waals surface area contributed by atoms with E-state index in [0.29, 0.717) is 19.3 Å². The van der Waals surface area contributed by atoms with Crippen molar-refractivity contribution in [3.63, 3.8) is 0 Å². The summed E-state index contributed by atoms with van der Waals surface area (Å²) in [5.74, 6) is 0.884. The third kappa shape index (κ3) is 4.20. The molecule has 1 aromatic carbocycles.